The molecule has 0 aliphatic rings. The van der Waals surface area contributed by atoms with Crippen LogP contribution in [0, 0.1) is 0 Å². The zero-order valence-corrected chi connectivity index (χ0v) is 15.3. The van der Waals surface area contributed by atoms with Gasteiger partial charge in [0.25, 0.3) is 0 Å². The Morgan fingerprint density at radius 3 is 2.30 bits per heavy atom. The summed E-state index contributed by atoms with van der Waals surface area (Å²) in [7, 11) is 4.61. The minimum absolute atomic E-state index is 0.00362. The number of methoxy groups -OCH3 is 3. The van der Waals surface area contributed by atoms with Gasteiger partial charge in [-0.25, -0.2) is 4.68 Å². The van der Waals surface area contributed by atoms with Crippen LogP contribution in [-0.4, -0.2) is 48.6 Å². The van der Waals surface area contributed by atoms with Crippen LogP contribution in [0.4, 0.5) is 5.69 Å². The van der Waals surface area contributed by atoms with E-state index < -0.39 is 0 Å². The average Bonchev–Trinajstić information content (AvgIpc) is 3.13. The highest BCUT2D eigenvalue weighted by Gasteiger charge is 2.14. The highest BCUT2D eigenvalue weighted by atomic mass is 16.5. The van der Waals surface area contributed by atoms with Crippen molar-refractivity contribution < 1.29 is 19.0 Å². The molecule has 1 N–H and O–H groups in total. The average molecular weight is 368 g/mol. The zero-order chi connectivity index (χ0) is 19.2. The first-order chi connectivity index (χ1) is 13.1. The van der Waals surface area contributed by atoms with Crippen molar-refractivity contribution in [3.63, 3.8) is 0 Å². The van der Waals surface area contributed by atoms with Crippen LogP contribution in [0.1, 0.15) is 0 Å². The fraction of sp³-hybridized carbons (Fsp3) is 0.211. The number of anilines is 1. The van der Waals surface area contributed by atoms with Gasteiger partial charge in [0.15, 0.2) is 5.82 Å². The maximum atomic E-state index is 11.6. The van der Waals surface area contributed by atoms with E-state index in [9.17, 15) is 4.79 Å². The lowest BCUT2D eigenvalue weighted by Crippen LogP contribution is -2.17. The fourth-order valence-corrected chi connectivity index (χ4v) is 2.50. The topological polar surface area (TPSA) is 87.5 Å². The number of nitrogens with zero attached hydrogens (tertiary/aromatic N) is 3. The predicted octanol–water partition coefficient (Wildman–Crippen LogP) is 2.54. The molecule has 1 heterocycles. The number of amides is 1. The molecule has 140 valence electrons. The summed E-state index contributed by atoms with van der Waals surface area (Å²) in [6.45, 7) is 0.00362. The Bertz CT molecular complexity index is 904. The van der Waals surface area contributed by atoms with Gasteiger partial charge >= 0.3 is 6.01 Å². The number of ether oxygens (including phenoxy) is 3. The quantitative estimate of drug-likeness (QED) is 0.690. The first kappa shape index (κ1) is 18.4. The van der Waals surface area contributed by atoms with Crippen molar-refractivity contribution in [1.29, 1.82) is 0 Å². The van der Waals surface area contributed by atoms with Crippen LogP contribution in [0.3, 0.4) is 0 Å². The second kappa shape index (κ2) is 8.33. The van der Waals surface area contributed by atoms with Gasteiger partial charge < -0.3 is 19.5 Å². The molecule has 3 rings (SSSR count). The molecule has 0 radical (unpaired) electrons. The minimum atomic E-state index is -0.216. The lowest BCUT2D eigenvalue weighted by molar-refractivity contribution is -0.119. The van der Waals surface area contributed by atoms with Crippen molar-refractivity contribution in [3.05, 3.63) is 48.5 Å². The largest absolute Gasteiger partial charge is 0.497 e. The Kier molecular flexibility index (Phi) is 5.68. The van der Waals surface area contributed by atoms with E-state index in [1.807, 2.05) is 36.4 Å². The van der Waals surface area contributed by atoms with Gasteiger partial charge in [-0.3, -0.25) is 4.79 Å². The third kappa shape index (κ3) is 4.24. The number of rotatable bonds is 7. The first-order valence-electron chi connectivity index (χ1n) is 8.19. The van der Waals surface area contributed by atoms with Gasteiger partial charge in [-0.15, -0.1) is 5.10 Å². The molecule has 1 amide bonds. The van der Waals surface area contributed by atoms with Gasteiger partial charge in [0.1, 0.15) is 12.4 Å². The minimum Gasteiger partial charge on any atom is -0.497 e. The predicted molar refractivity (Wildman–Crippen MR) is 100 cm³/mol. The smallest absolute Gasteiger partial charge is 0.336 e. The molecular formula is C19H20N4O4. The van der Waals surface area contributed by atoms with E-state index in [4.69, 9.17) is 14.2 Å². The molecule has 0 aliphatic heterocycles. The number of carbonyl (C=O) groups excluding carboxylic acids is 1. The molecule has 1 aromatic heterocycles. The number of hydrogen-bond acceptors (Lipinski definition) is 6. The van der Waals surface area contributed by atoms with Crippen molar-refractivity contribution in [2.45, 2.75) is 0 Å². The second-order valence-electron chi connectivity index (χ2n) is 5.59. The third-order valence-electron chi connectivity index (χ3n) is 3.79. The SMILES string of the molecule is COCC(=O)Nc1ccc(-n2nc(OC)nc2-c2ccc(OC)cc2)cc1. The van der Waals surface area contributed by atoms with E-state index in [0.717, 1.165) is 17.0 Å². The maximum absolute atomic E-state index is 11.6. The molecule has 0 unspecified atom stereocenters. The van der Waals surface area contributed by atoms with E-state index in [2.05, 4.69) is 15.4 Å². The summed E-state index contributed by atoms with van der Waals surface area (Å²) in [6.07, 6.45) is 0. The van der Waals surface area contributed by atoms with Gasteiger partial charge in [-0.1, -0.05) is 0 Å². The summed E-state index contributed by atoms with van der Waals surface area (Å²) in [5.74, 6) is 1.17. The molecule has 0 spiro atoms. The van der Waals surface area contributed by atoms with E-state index in [1.165, 1.54) is 14.2 Å². The molecule has 0 saturated carbocycles. The Morgan fingerprint density at radius 1 is 1.00 bits per heavy atom. The lowest BCUT2D eigenvalue weighted by atomic mass is 10.2. The van der Waals surface area contributed by atoms with Crippen LogP contribution >= 0.6 is 0 Å². The van der Waals surface area contributed by atoms with Gasteiger partial charge in [0.2, 0.25) is 5.91 Å². The van der Waals surface area contributed by atoms with Crippen LogP contribution < -0.4 is 14.8 Å². The molecule has 0 bridgehead atoms. The summed E-state index contributed by atoms with van der Waals surface area (Å²) >= 11 is 0. The molecular weight excluding hydrogens is 348 g/mol. The van der Waals surface area contributed by atoms with E-state index in [-0.39, 0.29) is 18.5 Å². The maximum Gasteiger partial charge on any atom is 0.336 e. The second-order valence-corrected chi connectivity index (χ2v) is 5.59. The number of aromatic nitrogens is 3. The summed E-state index contributed by atoms with van der Waals surface area (Å²) in [6, 6.07) is 15.0. The normalized spacial score (nSPS) is 10.5. The number of nitrogens with one attached hydrogen (secondary N) is 1. The Morgan fingerprint density at radius 2 is 1.70 bits per heavy atom. The fourth-order valence-electron chi connectivity index (χ4n) is 2.50. The van der Waals surface area contributed by atoms with Crippen molar-refractivity contribution in [2.24, 2.45) is 0 Å². The Labute approximate surface area is 156 Å². The van der Waals surface area contributed by atoms with Crippen LogP contribution in [0.25, 0.3) is 17.1 Å². The summed E-state index contributed by atoms with van der Waals surface area (Å²) < 4.78 is 16.9. The van der Waals surface area contributed by atoms with E-state index in [0.29, 0.717) is 11.5 Å². The Balaban J connectivity index is 1.91. The summed E-state index contributed by atoms with van der Waals surface area (Å²) in [5, 5.41) is 7.13. The first-order valence-corrected chi connectivity index (χ1v) is 8.19. The standard InChI is InChI=1S/C19H20N4O4/c1-25-12-17(24)20-14-6-8-15(9-7-14)23-18(21-19(22-23)27-3)13-4-10-16(26-2)11-5-13/h4-11H,12H2,1-3H3,(H,20,24). The molecule has 8 nitrogen and oxygen atoms in total. The molecule has 0 saturated heterocycles. The lowest BCUT2D eigenvalue weighted by Gasteiger charge is -2.08. The molecule has 2 aromatic carbocycles. The van der Waals surface area contributed by atoms with E-state index >= 15 is 0 Å². The van der Waals surface area contributed by atoms with Gasteiger partial charge in [0, 0.05) is 18.4 Å². The van der Waals surface area contributed by atoms with Crippen molar-refractivity contribution in [2.75, 3.05) is 33.3 Å². The van der Waals surface area contributed by atoms with Crippen LogP contribution in [0.2, 0.25) is 0 Å². The van der Waals surface area contributed by atoms with Crippen LogP contribution in [-0.2, 0) is 9.53 Å². The number of benzene rings is 2. The molecule has 3 aromatic rings. The Hall–Kier alpha value is -3.39. The van der Waals surface area contributed by atoms with Crippen molar-refractivity contribution >= 4 is 11.6 Å². The molecule has 27 heavy (non-hydrogen) atoms. The zero-order valence-electron chi connectivity index (χ0n) is 15.3. The number of carbonyl (C=O) groups is 1. The molecule has 0 aliphatic carbocycles. The number of hydrogen-bond donors (Lipinski definition) is 1. The molecule has 8 heteroatoms. The van der Waals surface area contributed by atoms with Gasteiger partial charge in [-0.05, 0) is 48.5 Å². The highest BCUT2D eigenvalue weighted by Crippen LogP contribution is 2.26. The van der Waals surface area contributed by atoms with Gasteiger partial charge in [-0.2, -0.15) is 4.98 Å². The van der Waals surface area contributed by atoms with Crippen molar-refractivity contribution in [1.82, 2.24) is 14.8 Å². The third-order valence-corrected chi connectivity index (χ3v) is 3.79. The molecule has 0 fully saturated rings. The van der Waals surface area contributed by atoms with Crippen LogP contribution in [0.15, 0.2) is 48.5 Å². The summed E-state index contributed by atoms with van der Waals surface area (Å²) in [4.78, 5) is 16.0. The van der Waals surface area contributed by atoms with Crippen molar-refractivity contribution in [3.8, 4) is 28.8 Å². The van der Waals surface area contributed by atoms with Crippen LogP contribution in [0.5, 0.6) is 11.8 Å². The molecule has 0 atom stereocenters. The monoisotopic (exact) mass is 368 g/mol. The summed E-state index contributed by atoms with van der Waals surface area (Å²) in [5.41, 5.74) is 2.31. The van der Waals surface area contributed by atoms with Gasteiger partial charge in [0.05, 0.1) is 19.9 Å². The van der Waals surface area contributed by atoms with E-state index in [1.54, 1.807) is 23.9 Å². The highest BCUT2D eigenvalue weighted by molar-refractivity contribution is 5.91.